The molecule has 0 amide bonds. The third kappa shape index (κ3) is 5.29. The molecule has 0 aliphatic rings. The van der Waals surface area contributed by atoms with Crippen LogP contribution in [0, 0.1) is 6.92 Å². The maximum Gasteiger partial charge on any atom is 0.387 e. The average Bonchev–Trinajstić information content (AvgIpc) is 2.82. The Morgan fingerprint density at radius 1 is 1.30 bits per heavy atom. The topological polar surface area (TPSA) is 81.4 Å². The van der Waals surface area contributed by atoms with E-state index in [4.69, 9.17) is 4.52 Å². The number of hydrogen-bond acceptors (Lipinski definition) is 5. The van der Waals surface area contributed by atoms with Crippen molar-refractivity contribution in [2.45, 2.75) is 32.3 Å². The van der Waals surface area contributed by atoms with Crippen molar-refractivity contribution in [3.63, 3.8) is 0 Å². The summed E-state index contributed by atoms with van der Waals surface area (Å²) >= 11 is 0. The number of halogens is 2. The summed E-state index contributed by atoms with van der Waals surface area (Å²) in [6.45, 7) is 0.437. The quantitative estimate of drug-likeness (QED) is 0.834. The molecule has 1 aromatic carbocycles. The lowest BCUT2D eigenvalue weighted by atomic mass is 10.1. The van der Waals surface area contributed by atoms with Gasteiger partial charge in [-0.2, -0.15) is 8.78 Å². The van der Waals surface area contributed by atoms with Crippen molar-refractivity contribution in [1.82, 2.24) is 9.88 Å². The zero-order chi connectivity index (χ0) is 17.0. The molecule has 0 radical (unpaired) electrons. The summed E-state index contributed by atoms with van der Waals surface area (Å²) in [5.74, 6) is -0.0797. The number of sulfonamides is 1. The van der Waals surface area contributed by atoms with Crippen LogP contribution in [0.2, 0.25) is 0 Å². The first-order valence-electron chi connectivity index (χ1n) is 6.72. The largest absolute Gasteiger partial charge is 0.435 e. The van der Waals surface area contributed by atoms with E-state index >= 15 is 0 Å². The molecular formula is C14H16F2N2O4S. The monoisotopic (exact) mass is 346 g/mol. The summed E-state index contributed by atoms with van der Waals surface area (Å²) in [6, 6.07) is 6.75. The minimum Gasteiger partial charge on any atom is -0.435 e. The van der Waals surface area contributed by atoms with Gasteiger partial charge >= 0.3 is 6.61 Å². The van der Waals surface area contributed by atoms with Gasteiger partial charge in [-0.3, -0.25) is 0 Å². The molecule has 23 heavy (non-hydrogen) atoms. The van der Waals surface area contributed by atoms with Gasteiger partial charge in [0.05, 0.1) is 5.69 Å². The molecule has 1 heterocycles. The number of alkyl halides is 2. The Labute approximate surface area is 132 Å². The Morgan fingerprint density at radius 2 is 1.96 bits per heavy atom. The number of aryl methyl sites for hydroxylation is 1. The van der Waals surface area contributed by atoms with Gasteiger partial charge in [-0.1, -0.05) is 17.3 Å². The molecule has 2 aromatic rings. The van der Waals surface area contributed by atoms with Gasteiger partial charge in [-0.05, 0) is 31.5 Å². The van der Waals surface area contributed by atoms with Crippen molar-refractivity contribution < 1.29 is 26.5 Å². The maximum atomic E-state index is 12.1. The molecular weight excluding hydrogens is 330 g/mol. The molecule has 0 fully saturated rings. The number of nitrogens with one attached hydrogen (secondary N) is 1. The number of nitrogens with zero attached hydrogens (tertiary/aromatic N) is 1. The molecule has 1 aromatic heterocycles. The number of hydrogen-bond donors (Lipinski definition) is 1. The Kier molecular flexibility index (Phi) is 5.32. The van der Waals surface area contributed by atoms with Crippen LogP contribution < -0.4 is 9.46 Å². The van der Waals surface area contributed by atoms with Gasteiger partial charge in [0.1, 0.15) is 11.5 Å². The van der Waals surface area contributed by atoms with Crippen molar-refractivity contribution >= 4 is 10.0 Å². The lowest BCUT2D eigenvalue weighted by Crippen LogP contribution is -2.28. The fourth-order valence-electron chi connectivity index (χ4n) is 1.99. The molecule has 0 unspecified atom stereocenters. The van der Waals surface area contributed by atoms with Crippen LogP contribution in [0.15, 0.2) is 34.9 Å². The lowest BCUT2D eigenvalue weighted by Gasteiger charge is -2.14. The summed E-state index contributed by atoms with van der Waals surface area (Å²) < 4.78 is 59.9. The normalized spacial score (nSPS) is 13.3. The van der Waals surface area contributed by atoms with E-state index in [1.807, 2.05) is 0 Å². The van der Waals surface area contributed by atoms with Crippen LogP contribution in [0.1, 0.15) is 30.0 Å². The number of ether oxygens (including phenoxy) is 1. The van der Waals surface area contributed by atoms with E-state index in [9.17, 15) is 17.2 Å². The van der Waals surface area contributed by atoms with Crippen LogP contribution in [0.4, 0.5) is 8.78 Å². The van der Waals surface area contributed by atoms with E-state index in [2.05, 4.69) is 14.6 Å². The van der Waals surface area contributed by atoms with Gasteiger partial charge < -0.3 is 9.26 Å². The van der Waals surface area contributed by atoms with Gasteiger partial charge in [-0.15, -0.1) is 0 Å². The smallest absolute Gasteiger partial charge is 0.387 e. The van der Waals surface area contributed by atoms with Gasteiger partial charge in [0, 0.05) is 12.1 Å². The Morgan fingerprint density at radius 3 is 2.48 bits per heavy atom. The van der Waals surface area contributed by atoms with Crippen molar-refractivity contribution in [1.29, 1.82) is 0 Å². The highest BCUT2D eigenvalue weighted by Gasteiger charge is 2.19. The molecule has 0 saturated carbocycles. The Bertz CT molecular complexity index is 744. The third-order valence-corrected chi connectivity index (χ3v) is 4.35. The number of aromatic nitrogens is 1. The second-order valence-electron chi connectivity index (χ2n) is 4.98. The van der Waals surface area contributed by atoms with Crippen LogP contribution >= 0.6 is 0 Å². The predicted molar refractivity (Wildman–Crippen MR) is 78.5 cm³/mol. The van der Waals surface area contributed by atoms with E-state index in [1.54, 1.807) is 19.9 Å². The molecule has 6 nitrogen and oxygen atoms in total. The van der Waals surface area contributed by atoms with Gasteiger partial charge in [0.2, 0.25) is 10.0 Å². The highest BCUT2D eigenvalue weighted by Crippen LogP contribution is 2.20. The second kappa shape index (κ2) is 7.05. The molecule has 2 rings (SSSR count). The Hall–Kier alpha value is -2.00. The first kappa shape index (κ1) is 17.4. The van der Waals surface area contributed by atoms with E-state index in [0.717, 1.165) is 0 Å². The van der Waals surface area contributed by atoms with Crippen LogP contribution in [-0.2, 0) is 15.8 Å². The van der Waals surface area contributed by atoms with E-state index in [0.29, 0.717) is 11.3 Å². The SMILES string of the molecule is Cc1cc(CS(=O)(=O)N[C@@H](C)c2ccc(OC(F)F)cc2)on1. The summed E-state index contributed by atoms with van der Waals surface area (Å²) in [5, 5.41) is 3.63. The summed E-state index contributed by atoms with van der Waals surface area (Å²) in [5.41, 5.74) is 1.21. The summed E-state index contributed by atoms with van der Waals surface area (Å²) in [4.78, 5) is 0. The van der Waals surface area contributed by atoms with Gasteiger partial charge in [0.25, 0.3) is 0 Å². The molecule has 1 atom stereocenters. The number of benzene rings is 1. The standard InChI is InChI=1S/C14H16F2N2O4S/c1-9-7-13(22-17-9)8-23(19,20)18-10(2)11-3-5-12(6-4-11)21-14(15)16/h3-7,10,14,18H,8H2,1-2H3/t10-/m0/s1. The predicted octanol–water partition coefficient (Wildman–Crippen LogP) is 2.77. The first-order chi connectivity index (χ1) is 10.7. The zero-order valence-corrected chi connectivity index (χ0v) is 13.3. The fraction of sp³-hybridized carbons (Fsp3) is 0.357. The second-order valence-corrected chi connectivity index (χ2v) is 6.73. The van der Waals surface area contributed by atoms with E-state index in [1.165, 1.54) is 24.3 Å². The van der Waals surface area contributed by atoms with Crippen molar-refractivity contribution in [3.05, 3.63) is 47.3 Å². The minimum atomic E-state index is -3.63. The van der Waals surface area contributed by atoms with Crippen molar-refractivity contribution in [3.8, 4) is 5.75 Å². The summed E-state index contributed by atoms with van der Waals surface area (Å²) in [6.07, 6.45) is 0. The number of rotatable bonds is 7. The van der Waals surface area contributed by atoms with Crippen LogP contribution in [0.25, 0.3) is 0 Å². The van der Waals surface area contributed by atoms with Crippen molar-refractivity contribution in [2.75, 3.05) is 0 Å². The molecule has 0 saturated heterocycles. The molecule has 126 valence electrons. The van der Waals surface area contributed by atoms with E-state index in [-0.39, 0.29) is 17.3 Å². The first-order valence-corrected chi connectivity index (χ1v) is 8.37. The molecule has 0 aliphatic carbocycles. The van der Waals surface area contributed by atoms with Crippen LogP contribution in [-0.4, -0.2) is 20.2 Å². The third-order valence-electron chi connectivity index (χ3n) is 2.97. The molecule has 0 aliphatic heterocycles. The van der Waals surface area contributed by atoms with E-state index < -0.39 is 22.7 Å². The highest BCUT2D eigenvalue weighted by atomic mass is 32.2. The molecule has 9 heteroatoms. The fourth-order valence-corrected chi connectivity index (χ4v) is 3.26. The molecule has 1 N–H and O–H groups in total. The molecule has 0 bridgehead atoms. The van der Waals surface area contributed by atoms with Crippen LogP contribution in [0.3, 0.4) is 0 Å². The zero-order valence-electron chi connectivity index (χ0n) is 12.5. The van der Waals surface area contributed by atoms with Crippen molar-refractivity contribution in [2.24, 2.45) is 0 Å². The molecule has 0 spiro atoms. The highest BCUT2D eigenvalue weighted by molar-refractivity contribution is 7.88. The lowest BCUT2D eigenvalue weighted by molar-refractivity contribution is -0.0498. The maximum absolute atomic E-state index is 12.1. The minimum absolute atomic E-state index is 0.0101. The summed E-state index contributed by atoms with van der Waals surface area (Å²) in [7, 11) is -3.63. The van der Waals surface area contributed by atoms with Crippen LogP contribution in [0.5, 0.6) is 5.75 Å². The average molecular weight is 346 g/mol. The Balaban J connectivity index is 2.01. The van der Waals surface area contributed by atoms with Gasteiger partial charge in [0.15, 0.2) is 5.76 Å². The van der Waals surface area contributed by atoms with Gasteiger partial charge in [-0.25, -0.2) is 13.1 Å².